The van der Waals surface area contributed by atoms with Gasteiger partial charge < -0.3 is 14.7 Å². The van der Waals surface area contributed by atoms with Crippen LogP contribution in [0.5, 0.6) is 0 Å². The molecule has 0 radical (unpaired) electrons. The molecule has 134 valence electrons. The van der Waals surface area contributed by atoms with Crippen LogP contribution in [-0.2, 0) is 4.79 Å². The molecule has 25 heavy (non-hydrogen) atoms. The molecule has 2 saturated heterocycles. The molecule has 2 aromatic rings. The fourth-order valence-electron chi connectivity index (χ4n) is 3.96. The van der Waals surface area contributed by atoms with Crippen molar-refractivity contribution in [2.24, 2.45) is 5.92 Å². The van der Waals surface area contributed by atoms with Crippen LogP contribution >= 0.6 is 0 Å². The normalized spacial score (nSPS) is 20.4. The first kappa shape index (κ1) is 16.3. The molecule has 0 saturated carbocycles. The highest BCUT2D eigenvalue weighted by atomic mass is 16.2. The number of likely N-dealkylation sites (N-methyl/N-ethyl adjacent to an activating group) is 1. The van der Waals surface area contributed by atoms with Gasteiger partial charge in [0, 0.05) is 57.4 Å². The van der Waals surface area contributed by atoms with Crippen molar-refractivity contribution in [1.82, 2.24) is 24.4 Å². The third kappa shape index (κ3) is 3.20. The zero-order chi connectivity index (χ0) is 17.2. The molecule has 0 unspecified atom stereocenters. The quantitative estimate of drug-likeness (QED) is 0.836. The van der Waals surface area contributed by atoms with Crippen molar-refractivity contribution in [3.8, 4) is 0 Å². The number of aromatic nitrogens is 3. The summed E-state index contributed by atoms with van der Waals surface area (Å²) < 4.78 is 1.88. The zero-order valence-electron chi connectivity index (χ0n) is 14.8. The van der Waals surface area contributed by atoms with E-state index in [-0.39, 0.29) is 5.92 Å². The van der Waals surface area contributed by atoms with Gasteiger partial charge >= 0.3 is 0 Å². The molecule has 2 aliphatic rings. The van der Waals surface area contributed by atoms with Gasteiger partial charge in [-0.05, 0) is 25.5 Å². The number of fused-ring (bicyclic) bond motifs is 1. The zero-order valence-corrected chi connectivity index (χ0v) is 14.8. The number of nitrogens with zero attached hydrogens (tertiary/aromatic N) is 6. The highest BCUT2D eigenvalue weighted by Crippen LogP contribution is 2.25. The average Bonchev–Trinajstić information content (AvgIpc) is 3.16. The number of piperidine rings is 1. The van der Waals surface area contributed by atoms with Gasteiger partial charge in [-0.3, -0.25) is 4.79 Å². The topological polar surface area (TPSA) is 57.0 Å². The lowest BCUT2D eigenvalue weighted by molar-refractivity contribution is -0.137. The van der Waals surface area contributed by atoms with Crippen LogP contribution in [0.3, 0.4) is 0 Å². The summed E-state index contributed by atoms with van der Waals surface area (Å²) in [5, 5.41) is 4.37. The Hall–Kier alpha value is -2.15. The molecule has 0 spiro atoms. The average molecular weight is 342 g/mol. The molecule has 0 N–H and O–H groups in total. The highest BCUT2D eigenvalue weighted by Gasteiger charge is 2.30. The Kier molecular flexibility index (Phi) is 4.57. The molecular weight excluding hydrogens is 316 g/mol. The van der Waals surface area contributed by atoms with Gasteiger partial charge in [-0.15, -0.1) is 0 Å². The van der Waals surface area contributed by atoms with Gasteiger partial charge in [0.05, 0.1) is 6.20 Å². The van der Waals surface area contributed by atoms with Crippen molar-refractivity contribution in [2.75, 3.05) is 50.7 Å². The van der Waals surface area contributed by atoms with E-state index in [2.05, 4.69) is 31.7 Å². The molecule has 1 amide bonds. The van der Waals surface area contributed by atoms with Crippen LogP contribution in [-0.4, -0.2) is 76.1 Å². The third-order valence-corrected chi connectivity index (χ3v) is 5.57. The lowest BCUT2D eigenvalue weighted by Gasteiger charge is -2.38. The van der Waals surface area contributed by atoms with Crippen molar-refractivity contribution in [2.45, 2.75) is 19.8 Å². The maximum atomic E-state index is 12.8. The number of piperazine rings is 1. The van der Waals surface area contributed by atoms with E-state index in [4.69, 9.17) is 0 Å². The Morgan fingerprint density at radius 2 is 1.84 bits per heavy atom. The first-order valence-electron chi connectivity index (χ1n) is 9.31. The van der Waals surface area contributed by atoms with E-state index in [1.165, 1.54) is 0 Å². The van der Waals surface area contributed by atoms with E-state index >= 15 is 0 Å². The second-order valence-electron chi connectivity index (χ2n) is 6.93. The lowest BCUT2D eigenvalue weighted by atomic mass is 9.95. The summed E-state index contributed by atoms with van der Waals surface area (Å²) >= 11 is 0. The van der Waals surface area contributed by atoms with Gasteiger partial charge in [-0.1, -0.05) is 6.92 Å². The Labute approximate surface area is 148 Å². The van der Waals surface area contributed by atoms with Crippen LogP contribution < -0.4 is 4.90 Å². The SMILES string of the molecule is CCN1CCN(C(=O)C2CCN(c3ccnc4ccnn34)CC2)CC1. The van der Waals surface area contributed by atoms with Gasteiger partial charge in [0.1, 0.15) is 5.82 Å². The predicted molar refractivity (Wildman–Crippen MR) is 96.6 cm³/mol. The van der Waals surface area contributed by atoms with Crippen LogP contribution in [0.25, 0.3) is 5.65 Å². The van der Waals surface area contributed by atoms with Crippen LogP contribution in [0.1, 0.15) is 19.8 Å². The number of hydrogen-bond acceptors (Lipinski definition) is 5. The van der Waals surface area contributed by atoms with Crippen molar-refractivity contribution in [3.63, 3.8) is 0 Å². The number of carbonyl (C=O) groups is 1. The molecule has 2 aromatic heterocycles. The molecular formula is C18H26N6O. The Morgan fingerprint density at radius 3 is 2.56 bits per heavy atom. The van der Waals surface area contributed by atoms with E-state index in [1.807, 2.05) is 22.8 Å². The summed E-state index contributed by atoms with van der Waals surface area (Å²) in [6, 6.07) is 3.92. The second kappa shape index (κ2) is 7.00. The van der Waals surface area contributed by atoms with E-state index < -0.39 is 0 Å². The third-order valence-electron chi connectivity index (χ3n) is 5.57. The molecule has 4 rings (SSSR count). The first-order valence-corrected chi connectivity index (χ1v) is 9.31. The summed E-state index contributed by atoms with van der Waals surface area (Å²) in [4.78, 5) is 23.9. The van der Waals surface area contributed by atoms with E-state index in [0.717, 1.165) is 70.1 Å². The van der Waals surface area contributed by atoms with E-state index in [9.17, 15) is 4.79 Å². The largest absolute Gasteiger partial charge is 0.356 e. The minimum absolute atomic E-state index is 0.166. The van der Waals surface area contributed by atoms with Crippen molar-refractivity contribution in [1.29, 1.82) is 0 Å². The second-order valence-corrected chi connectivity index (χ2v) is 6.93. The van der Waals surface area contributed by atoms with Gasteiger partial charge in [-0.2, -0.15) is 9.61 Å². The minimum Gasteiger partial charge on any atom is -0.356 e. The van der Waals surface area contributed by atoms with Crippen molar-refractivity contribution < 1.29 is 4.79 Å². The van der Waals surface area contributed by atoms with E-state index in [1.54, 1.807) is 6.20 Å². The Morgan fingerprint density at radius 1 is 1.08 bits per heavy atom. The Balaban J connectivity index is 1.37. The van der Waals surface area contributed by atoms with Gasteiger partial charge in [0.25, 0.3) is 0 Å². The number of amides is 1. The summed E-state index contributed by atoms with van der Waals surface area (Å²) in [5.74, 6) is 1.59. The molecule has 2 fully saturated rings. The number of carbonyl (C=O) groups excluding carboxylic acids is 1. The molecule has 2 aliphatic heterocycles. The predicted octanol–water partition coefficient (Wildman–Crippen LogP) is 1.11. The maximum absolute atomic E-state index is 12.8. The summed E-state index contributed by atoms with van der Waals surface area (Å²) in [7, 11) is 0. The van der Waals surface area contributed by atoms with Crippen LogP contribution in [0.2, 0.25) is 0 Å². The molecule has 0 atom stereocenters. The molecule has 0 bridgehead atoms. The maximum Gasteiger partial charge on any atom is 0.225 e. The molecule has 0 aromatic carbocycles. The molecule has 7 nitrogen and oxygen atoms in total. The van der Waals surface area contributed by atoms with Gasteiger partial charge in [0.15, 0.2) is 5.65 Å². The summed E-state index contributed by atoms with van der Waals surface area (Å²) in [6.07, 6.45) is 5.44. The number of rotatable bonds is 3. The van der Waals surface area contributed by atoms with Crippen molar-refractivity contribution in [3.05, 3.63) is 24.5 Å². The van der Waals surface area contributed by atoms with E-state index in [0.29, 0.717) is 5.91 Å². The minimum atomic E-state index is 0.166. The van der Waals surface area contributed by atoms with Crippen LogP contribution in [0.4, 0.5) is 5.82 Å². The number of hydrogen-bond donors (Lipinski definition) is 0. The smallest absolute Gasteiger partial charge is 0.225 e. The summed E-state index contributed by atoms with van der Waals surface area (Å²) in [5.41, 5.74) is 0.865. The fourth-order valence-corrected chi connectivity index (χ4v) is 3.96. The molecule has 4 heterocycles. The van der Waals surface area contributed by atoms with Gasteiger partial charge in [0.2, 0.25) is 5.91 Å². The highest BCUT2D eigenvalue weighted by molar-refractivity contribution is 5.79. The first-order chi connectivity index (χ1) is 12.3. The standard InChI is InChI=1S/C18H26N6O/c1-2-21-11-13-23(14-12-21)18(25)15-5-9-22(10-6-15)17-4-7-19-16-3-8-20-24(16)17/h3-4,7-8,15H,2,5-6,9-14H2,1H3. The number of anilines is 1. The van der Waals surface area contributed by atoms with Crippen molar-refractivity contribution >= 4 is 17.4 Å². The lowest BCUT2D eigenvalue weighted by Crippen LogP contribution is -2.51. The summed E-state index contributed by atoms with van der Waals surface area (Å²) in [6.45, 7) is 8.83. The molecule has 0 aliphatic carbocycles. The molecule has 7 heteroatoms. The Bertz CT molecular complexity index is 728. The van der Waals surface area contributed by atoms with Gasteiger partial charge in [-0.25, -0.2) is 4.98 Å². The fraction of sp³-hybridized carbons (Fsp3) is 0.611. The van der Waals surface area contributed by atoms with Crippen LogP contribution in [0, 0.1) is 5.92 Å². The van der Waals surface area contributed by atoms with Crippen LogP contribution in [0.15, 0.2) is 24.5 Å². The monoisotopic (exact) mass is 342 g/mol.